The molecule has 0 radical (unpaired) electrons. The summed E-state index contributed by atoms with van der Waals surface area (Å²) in [5.74, 6) is -1.58. The molecule has 1 aromatic heterocycles. The lowest BCUT2D eigenvalue weighted by molar-refractivity contribution is -0.136. The average molecular weight is 416 g/mol. The Bertz CT molecular complexity index is 880. The summed E-state index contributed by atoms with van der Waals surface area (Å²) in [6.07, 6.45) is 2.73. The van der Waals surface area contributed by atoms with Crippen molar-refractivity contribution < 1.29 is 19.5 Å². The Kier molecular flexibility index (Phi) is 6.66. The van der Waals surface area contributed by atoms with E-state index in [9.17, 15) is 19.5 Å². The van der Waals surface area contributed by atoms with Crippen LogP contribution < -0.4 is 15.5 Å². The van der Waals surface area contributed by atoms with Crippen LogP contribution in [0.3, 0.4) is 0 Å². The third-order valence-corrected chi connectivity index (χ3v) is 5.47. The van der Waals surface area contributed by atoms with E-state index in [1.165, 1.54) is 11.3 Å². The highest BCUT2D eigenvalue weighted by Crippen LogP contribution is 2.24. The first-order valence-corrected chi connectivity index (χ1v) is 10.5. The largest absolute Gasteiger partial charge is 0.388 e. The minimum atomic E-state index is -1.16. The average Bonchev–Trinajstić information content (AvgIpc) is 3.19. The number of piperidine rings is 1. The third-order valence-electron chi connectivity index (χ3n) is 4.74. The van der Waals surface area contributed by atoms with Gasteiger partial charge < -0.3 is 20.6 Å². The van der Waals surface area contributed by atoms with E-state index < -0.39 is 17.4 Å². The number of rotatable bonds is 6. The first-order valence-electron chi connectivity index (χ1n) is 9.57. The summed E-state index contributed by atoms with van der Waals surface area (Å²) < 4.78 is 0. The van der Waals surface area contributed by atoms with E-state index in [4.69, 9.17) is 0 Å². The normalized spacial score (nSPS) is 16.2. The van der Waals surface area contributed by atoms with Gasteiger partial charge in [-0.05, 0) is 60.4 Å². The SMILES string of the molecule is CC(O)(CNC(=O)C(=O)Nc1cccc(N2CCCCC2=O)c1)Cc1ccsc1. The summed E-state index contributed by atoms with van der Waals surface area (Å²) in [5, 5.41) is 19.3. The van der Waals surface area contributed by atoms with Gasteiger partial charge in [0, 0.05) is 37.3 Å². The molecule has 1 unspecified atom stereocenters. The Morgan fingerprint density at radius 1 is 1.24 bits per heavy atom. The van der Waals surface area contributed by atoms with E-state index >= 15 is 0 Å². The van der Waals surface area contributed by atoms with Gasteiger partial charge >= 0.3 is 11.8 Å². The molecule has 3 amide bonds. The van der Waals surface area contributed by atoms with Crippen LogP contribution in [0.25, 0.3) is 0 Å². The fraction of sp³-hybridized carbons (Fsp3) is 0.381. The maximum Gasteiger partial charge on any atom is 0.313 e. The fourth-order valence-corrected chi connectivity index (χ4v) is 3.93. The molecule has 29 heavy (non-hydrogen) atoms. The third kappa shape index (κ3) is 5.88. The maximum atomic E-state index is 12.2. The molecule has 2 aromatic rings. The second kappa shape index (κ2) is 9.19. The summed E-state index contributed by atoms with van der Waals surface area (Å²) in [6.45, 7) is 2.22. The number of hydrogen-bond acceptors (Lipinski definition) is 5. The lowest BCUT2D eigenvalue weighted by Gasteiger charge is -2.27. The molecular formula is C21H25N3O4S. The minimum Gasteiger partial charge on any atom is -0.388 e. The van der Waals surface area contributed by atoms with Gasteiger partial charge in [0.2, 0.25) is 5.91 Å². The second-order valence-electron chi connectivity index (χ2n) is 7.49. The van der Waals surface area contributed by atoms with Crippen LogP contribution in [0.15, 0.2) is 41.1 Å². The van der Waals surface area contributed by atoms with Crippen LogP contribution in [-0.4, -0.2) is 41.5 Å². The van der Waals surface area contributed by atoms with E-state index in [1.807, 2.05) is 16.8 Å². The number of carbonyl (C=O) groups is 3. The van der Waals surface area contributed by atoms with Gasteiger partial charge in [-0.3, -0.25) is 14.4 Å². The zero-order valence-electron chi connectivity index (χ0n) is 16.3. The molecule has 2 heterocycles. The van der Waals surface area contributed by atoms with Crippen LogP contribution >= 0.6 is 11.3 Å². The standard InChI is InChI=1S/C21H25N3O4S/c1-21(28,12-15-8-10-29-13-15)14-22-19(26)20(27)23-16-5-4-6-17(11-16)24-9-3-2-7-18(24)25/h4-6,8,10-11,13,28H,2-3,7,9,12,14H2,1H3,(H,22,26)(H,23,27). The molecule has 0 bridgehead atoms. The van der Waals surface area contributed by atoms with Gasteiger partial charge in [-0.25, -0.2) is 0 Å². The van der Waals surface area contributed by atoms with Crippen molar-refractivity contribution in [2.75, 3.05) is 23.3 Å². The van der Waals surface area contributed by atoms with Gasteiger partial charge in [-0.1, -0.05) is 6.07 Å². The number of hydrogen-bond donors (Lipinski definition) is 3. The highest BCUT2D eigenvalue weighted by Gasteiger charge is 2.24. The molecule has 0 aliphatic carbocycles. The van der Waals surface area contributed by atoms with Crippen LogP contribution in [-0.2, 0) is 20.8 Å². The number of benzene rings is 1. The topological polar surface area (TPSA) is 98.7 Å². The molecule has 1 aliphatic heterocycles. The number of aliphatic hydroxyl groups is 1. The molecule has 1 fully saturated rings. The van der Waals surface area contributed by atoms with E-state index in [1.54, 1.807) is 36.1 Å². The maximum absolute atomic E-state index is 12.2. The Hall–Kier alpha value is -2.71. The van der Waals surface area contributed by atoms with Crippen LogP contribution in [0, 0.1) is 0 Å². The fourth-order valence-electron chi connectivity index (χ4n) is 3.26. The predicted octanol–water partition coefficient (Wildman–Crippen LogP) is 2.31. The molecule has 3 rings (SSSR count). The van der Waals surface area contributed by atoms with Gasteiger partial charge in [-0.2, -0.15) is 11.3 Å². The molecule has 1 aromatic carbocycles. The molecule has 154 valence electrons. The Balaban J connectivity index is 1.55. The molecule has 1 saturated heterocycles. The van der Waals surface area contributed by atoms with Gasteiger partial charge in [0.25, 0.3) is 0 Å². The number of carbonyl (C=O) groups excluding carboxylic acids is 3. The monoisotopic (exact) mass is 415 g/mol. The van der Waals surface area contributed by atoms with Crippen molar-refractivity contribution in [3.05, 3.63) is 46.7 Å². The molecule has 0 saturated carbocycles. The molecule has 3 N–H and O–H groups in total. The summed E-state index contributed by atoms with van der Waals surface area (Å²) in [4.78, 5) is 38.1. The summed E-state index contributed by atoms with van der Waals surface area (Å²) in [6, 6.07) is 8.79. The zero-order chi connectivity index (χ0) is 20.9. The summed E-state index contributed by atoms with van der Waals surface area (Å²) in [5.41, 5.74) is 0.950. The molecule has 1 aliphatic rings. The smallest absolute Gasteiger partial charge is 0.313 e. The zero-order valence-corrected chi connectivity index (χ0v) is 17.1. The van der Waals surface area contributed by atoms with Crippen molar-refractivity contribution in [3.8, 4) is 0 Å². The lowest BCUT2D eigenvalue weighted by Crippen LogP contribution is -2.45. The molecule has 1 atom stereocenters. The van der Waals surface area contributed by atoms with E-state index in [2.05, 4.69) is 10.6 Å². The Labute approximate surface area is 173 Å². The highest BCUT2D eigenvalue weighted by atomic mass is 32.1. The van der Waals surface area contributed by atoms with Gasteiger partial charge in [0.1, 0.15) is 0 Å². The summed E-state index contributed by atoms with van der Waals surface area (Å²) in [7, 11) is 0. The number of amides is 3. The van der Waals surface area contributed by atoms with Crippen LogP contribution in [0.5, 0.6) is 0 Å². The van der Waals surface area contributed by atoms with Gasteiger partial charge in [0.05, 0.1) is 5.60 Å². The van der Waals surface area contributed by atoms with Crippen LogP contribution in [0.1, 0.15) is 31.7 Å². The predicted molar refractivity (Wildman–Crippen MR) is 113 cm³/mol. The highest BCUT2D eigenvalue weighted by molar-refractivity contribution is 7.07. The quantitative estimate of drug-likeness (QED) is 0.631. The first-order chi connectivity index (χ1) is 13.8. The molecule has 0 spiro atoms. The van der Waals surface area contributed by atoms with Crippen molar-refractivity contribution >= 4 is 40.4 Å². The second-order valence-corrected chi connectivity index (χ2v) is 8.27. The first kappa shape index (κ1) is 21.0. The van der Waals surface area contributed by atoms with Crippen molar-refractivity contribution in [1.82, 2.24) is 5.32 Å². The van der Waals surface area contributed by atoms with Crippen molar-refractivity contribution in [1.29, 1.82) is 0 Å². The summed E-state index contributed by atoms with van der Waals surface area (Å²) >= 11 is 1.54. The number of nitrogens with zero attached hydrogens (tertiary/aromatic N) is 1. The van der Waals surface area contributed by atoms with Crippen molar-refractivity contribution in [2.24, 2.45) is 0 Å². The molecular weight excluding hydrogens is 390 g/mol. The number of nitrogens with one attached hydrogen (secondary N) is 2. The number of thiophene rings is 1. The van der Waals surface area contributed by atoms with Crippen LogP contribution in [0.2, 0.25) is 0 Å². The lowest BCUT2D eigenvalue weighted by atomic mass is 9.98. The van der Waals surface area contributed by atoms with Crippen molar-refractivity contribution in [2.45, 2.75) is 38.2 Å². The van der Waals surface area contributed by atoms with Gasteiger partial charge in [-0.15, -0.1) is 0 Å². The van der Waals surface area contributed by atoms with E-state index in [0.717, 1.165) is 18.4 Å². The number of anilines is 2. The van der Waals surface area contributed by atoms with Crippen molar-refractivity contribution in [3.63, 3.8) is 0 Å². The Morgan fingerprint density at radius 3 is 2.79 bits per heavy atom. The van der Waals surface area contributed by atoms with Crippen LogP contribution in [0.4, 0.5) is 11.4 Å². The van der Waals surface area contributed by atoms with E-state index in [-0.39, 0.29) is 12.5 Å². The minimum absolute atomic E-state index is 0.0442. The molecule has 7 nitrogen and oxygen atoms in total. The van der Waals surface area contributed by atoms with Gasteiger partial charge in [0.15, 0.2) is 0 Å². The molecule has 8 heteroatoms. The van der Waals surface area contributed by atoms with E-state index in [0.29, 0.717) is 30.8 Å². The Morgan fingerprint density at radius 2 is 2.07 bits per heavy atom.